The Labute approximate surface area is 189 Å². The quantitative estimate of drug-likeness (QED) is 0.686. The van der Waals surface area contributed by atoms with Gasteiger partial charge >= 0.3 is 6.18 Å². The second-order valence-electron chi connectivity index (χ2n) is 7.34. The summed E-state index contributed by atoms with van der Waals surface area (Å²) in [5, 5.41) is 2.73. The van der Waals surface area contributed by atoms with Crippen LogP contribution in [0.25, 0.3) is 0 Å². The number of nitrogens with one attached hydrogen (secondary N) is 1. The van der Waals surface area contributed by atoms with Crippen molar-refractivity contribution < 1.29 is 32.3 Å². The lowest BCUT2D eigenvalue weighted by Gasteiger charge is -2.39. The fraction of sp³-hybridized carbons (Fsp3) is 0.286. The third-order valence-corrected chi connectivity index (χ3v) is 5.80. The fourth-order valence-corrected chi connectivity index (χ4v) is 3.99. The van der Waals surface area contributed by atoms with Crippen molar-refractivity contribution in [3.63, 3.8) is 0 Å². The van der Waals surface area contributed by atoms with Gasteiger partial charge in [-0.3, -0.25) is 14.4 Å². The Morgan fingerprint density at radius 1 is 1.12 bits per heavy atom. The molecule has 1 N–H and O–H groups in total. The van der Waals surface area contributed by atoms with Crippen molar-refractivity contribution in [2.45, 2.75) is 12.2 Å². The molecule has 0 saturated carbocycles. The molecule has 0 radical (unpaired) electrons. The third kappa shape index (κ3) is 4.43. The van der Waals surface area contributed by atoms with Crippen LogP contribution in [0.3, 0.4) is 0 Å². The molecule has 1 saturated heterocycles. The van der Waals surface area contributed by atoms with Crippen molar-refractivity contribution in [1.29, 1.82) is 0 Å². The van der Waals surface area contributed by atoms with Crippen LogP contribution in [0.5, 0.6) is 5.75 Å². The van der Waals surface area contributed by atoms with E-state index < -0.39 is 36.2 Å². The van der Waals surface area contributed by atoms with E-state index in [4.69, 9.17) is 4.74 Å². The normalized spacial score (nSPS) is 18.4. The van der Waals surface area contributed by atoms with E-state index in [0.717, 1.165) is 24.3 Å². The SMILES string of the molecule is O=C1Nc2ccc(Br)cc2C(=O)N2CCN(C(=O)COc3ccc(C(F)(F)F)cc3)CC12. The molecule has 0 spiro atoms. The van der Waals surface area contributed by atoms with Crippen LogP contribution >= 0.6 is 15.9 Å². The molecule has 0 aromatic heterocycles. The first-order chi connectivity index (χ1) is 15.1. The van der Waals surface area contributed by atoms with Gasteiger partial charge in [-0.2, -0.15) is 13.2 Å². The summed E-state index contributed by atoms with van der Waals surface area (Å²) in [6.07, 6.45) is -4.46. The van der Waals surface area contributed by atoms with Crippen molar-refractivity contribution in [2.75, 3.05) is 31.6 Å². The topological polar surface area (TPSA) is 79.0 Å². The summed E-state index contributed by atoms with van der Waals surface area (Å²) in [6, 6.07) is 8.14. The molecule has 2 heterocycles. The minimum absolute atomic E-state index is 0.0120. The van der Waals surface area contributed by atoms with E-state index in [1.807, 2.05) is 0 Å². The van der Waals surface area contributed by atoms with Crippen LogP contribution in [0.1, 0.15) is 15.9 Å². The van der Waals surface area contributed by atoms with Crippen molar-refractivity contribution in [2.24, 2.45) is 0 Å². The van der Waals surface area contributed by atoms with Gasteiger partial charge in [0, 0.05) is 17.6 Å². The van der Waals surface area contributed by atoms with Gasteiger partial charge in [0.25, 0.3) is 11.8 Å². The second-order valence-corrected chi connectivity index (χ2v) is 8.26. The number of rotatable bonds is 3. The van der Waals surface area contributed by atoms with Gasteiger partial charge in [-0.05, 0) is 42.5 Å². The lowest BCUT2D eigenvalue weighted by molar-refractivity contribution is -0.139. The zero-order valence-corrected chi connectivity index (χ0v) is 18.1. The number of hydrogen-bond acceptors (Lipinski definition) is 4. The Morgan fingerprint density at radius 3 is 2.53 bits per heavy atom. The number of piperazine rings is 1. The molecule has 2 aliphatic heterocycles. The molecule has 1 unspecified atom stereocenters. The number of hydrogen-bond donors (Lipinski definition) is 1. The predicted octanol–water partition coefficient (Wildman–Crippen LogP) is 3.15. The van der Waals surface area contributed by atoms with E-state index in [0.29, 0.717) is 15.7 Å². The number of fused-ring (bicyclic) bond motifs is 2. The highest BCUT2D eigenvalue weighted by Gasteiger charge is 2.40. The summed E-state index contributed by atoms with van der Waals surface area (Å²) in [4.78, 5) is 41.1. The maximum Gasteiger partial charge on any atom is 0.416 e. The number of benzene rings is 2. The van der Waals surface area contributed by atoms with Gasteiger partial charge in [0.15, 0.2) is 6.61 Å². The number of carbonyl (C=O) groups excluding carboxylic acids is 3. The average molecular weight is 512 g/mol. The molecule has 3 amide bonds. The molecule has 32 heavy (non-hydrogen) atoms. The Hall–Kier alpha value is -3.08. The van der Waals surface area contributed by atoms with Crippen molar-refractivity contribution in [3.05, 3.63) is 58.1 Å². The first-order valence-electron chi connectivity index (χ1n) is 9.63. The molecular weight excluding hydrogens is 495 g/mol. The maximum absolute atomic E-state index is 13.0. The number of carbonyl (C=O) groups is 3. The average Bonchev–Trinajstić information content (AvgIpc) is 2.86. The monoisotopic (exact) mass is 511 g/mol. The molecule has 7 nitrogen and oxygen atoms in total. The third-order valence-electron chi connectivity index (χ3n) is 5.31. The molecule has 0 aliphatic carbocycles. The van der Waals surface area contributed by atoms with Gasteiger partial charge < -0.3 is 19.9 Å². The molecule has 1 fully saturated rings. The summed E-state index contributed by atoms with van der Waals surface area (Å²) >= 11 is 3.32. The van der Waals surface area contributed by atoms with Gasteiger partial charge in [-0.1, -0.05) is 15.9 Å². The van der Waals surface area contributed by atoms with E-state index in [-0.39, 0.29) is 31.3 Å². The highest BCUT2D eigenvalue weighted by molar-refractivity contribution is 9.10. The largest absolute Gasteiger partial charge is 0.484 e. The molecule has 4 rings (SSSR count). The molecule has 11 heteroatoms. The summed E-state index contributed by atoms with van der Waals surface area (Å²) in [5.41, 5.74) is -0.0499. The molecule has 0 bridgehead atoms. The highest BCUT2D eigenvalue weighted by Crippen LogP contribution is 2.30. The molecule has 1 atom stereocenters. The summed E-state index contributed by atoms with van der Waals surface area (Å²) in [7, 11) is 0. The van der Waals surface area contributed by atoms with E-state index in [9.17, 15) is 27.6 Å². The van der Waals surface area contributed by atoms with E-state index >= 15 is 0 Å². The van der Waals surface area contributed by atoms with Gasteiger partial charge in [-0.15, -0.1) is 0 Å². The van der Waals surface area contributed by atoms with Gasteiger partial charge in [-0.25, -0.2) is 0 Å². The minimum Gasteiger partial charge on any atom is -0.484 e. The van der Waals surface area contributed by atoms with Crippen molar-refractivity contribution >= 4 is 39.3 Å². The number of nitrogens with zero attached hydrogens (tertiary/aromatic N) is 2. The Bertz CT molecular complexity index is 1070. The molecular formula is C21H17BrF3N3O4. The second kappa shape index (κ2) is 8.45. The molecule has 168 valence electrons. The minimum atomic E-state index is -4.46. The fourth-order valence-electron chi connectivity index (χ4n) is 3.63. The predicted molar refractivity (Wildman–Crippen MR) is 111 cm³/mol. The Morgan fingerprint density at radius 2 is 1.84 bits per heavy atom. The highest BCUT2D eigenvalue weighted by atomic mass is 79.9. The number of halogens is 4. The van der Waals surface area contributed by atoms with Crippen molar-refractivity contribution in [3.8, 4) is 5.75 Å². The van der Waals surface area contributed by atoms with Crippen LogP contribution < -0.4 is 10.1 Å². The standard InChI is InChI=1S/C21H17BrF3N3O4/c22-13-3-6-16-15(9-13)20(31)28-8-7-27(10-17(28)19(30)26-16)18(29)11-32-14-4-1-12(2-5-14)21(23,24)25/h1-6,9,17H,7-8,10-11H2,(H,26,30). The molecule has 2 aliphatic rings. The number of amides is 3. The van der Waals surface area contributed by atoms with Gasteiger partial charge in [0.1, 0.15) is 11.8 Å². The van der Waals surface area contributed by atoms with Gasteiger partial charge in [0.05, 0.1) is 23.4 Å². The van der Waals surface area contributed by atoms with Crippen LogP contribution in [0.2, 0.25) is 0 Å². The molecule has 2 aromatic carbocycles. The van der Waals surface area contributed by atoms with E-state index in [1.165, 1.54) is 9.80 Å². The zero-order chi connectivity index (χ0) is 23.0. The lowest BCUT2D eigenvalue weighted by atomic mass is 10.1. The van der Waals surface area contributed by atoms with E-state index in [1.54, 1.807) is 18.2 Å². The first kappa shape index (κ1) is 22.1. The van der Waals surface area contributed by atoms with Crippen LogP contribution in [-0.4, -0.2) is 59.8 Å². The Balaban J connectivity index is 1.41. The van der Waals surface area contributed by atoms with Crippen LogP contribution in [0.4, 0.5) is 18.9 Å². The van der Waals surface area contributed by atoms with E-state index in [2.05, 4.69) is 21.2 Å². The van der Waals surface area contributed by atoms with Crippen LogP contribution in [-0.2, 0) is 15.8 Å². The summed E-state index contributed by atoms with van der Waals surface area (Å²) in [6.45, 7) is -0.0499. The van der Waals surface area contributed by atoms with Crippen LogP contribution in [0, 0.1) is 0 Å². The number of alkyl halides is 3. The lowest BCUT2D eigenvalue weighted by Crippen LogP contribution is -2.60. The first-order valence-corrected chi connectivity index (χ1v) is 10.4. The zero-order valence-electron chi connectivity index (χ0n) is 16.5. The maximum atomic E-state index is 13.0. The Kier molecular flexibility index (Phi) is 5.85. The van der Waals surface area contributed by atoms with Crippen LogP contribution in [0.15, 0.2) is 46.9 Å². The smallest absolute Gasteiger partial charge is 0.416 e. The number of ether oxygens (including phenoxy) is 1. The molecule has 2 aromatic rings. The summed E-state index contributed by atoms with van der Waals surface area (Å²) < 4.78 is 43.9. The van der Waals surface area contributed by atoms with Crippen molar-refractivity contribution in [1.82, 2.24) is 9.80 Å². The number of anilines is 1. The van der Waals surface area contributed by atoms with Gasteiger partial charge in [0.2, 0.25) is 5.91 Å². The summed E-state index contributed by atoms with van der Waals surface area (Å²) in [5.74, 6) is -1.03.